The predicted octanol–water partition coefficient (Wildman–Crippen LogP) is 3.30. The van der Waals surface area contributed by atoms with E-state index >= 15 is 0 Å². The molecule has 28 heavy (non-hydrogen) atoms. The number of sulfonamides is 1. The normalized spacial score (nSPS) is 15.2. The number of carbonyl (C=O) groups is 1. The number of pyridine rings is 1. The Balaban J connectivity index is 1.83. The Labute approximate surface area is 170 Å². The van der Waals surface area contributed by atoms with Gasteiger partial charge in [-0.1, -0.05) is 12.8 Å². The third-order valence-electron chi connectivity index (χ3n) is 4.82. The van der Waals surface area contributed by atoms with Gasteiger partial charge in [0.1, 0.15) is 0 Å². The van der Waals surface area contributed by atoms with Gasteiger partial charge in [-0.3, -0.25) is 9.78 Å². The molecule has 0 unspecified atom stereocenters. The van der Waals surface area contributed by atoms with Crippen molar-refractivity contribution in [1.82, 2.24) is 14.6 Å². The maximum Gasteiger partial charge on any atom is 0.255 e. The standard InChI is InChI=1S/C20H25N3O3S2/c1-27-19-7-6-17(28(25,26)22-15-16-8-10-21-11-9-16)14-18(19)20(24)23-12-4-2-3-5-13-23/h6-11,14,22H,2-5,12-13,15H2,1H3. The second kappa shape index (κ2) is 9.54. The van der Waals surface area contributed by atoms with Crippen LogP contribution in [0.4, 0.5) is 0 Å². The molecule has 2 aromatic rings. The number of nitrogens with zero attached hydrogens (tertiary/aromatic N) is 2. The van der Waals surface area contributed by atoms with Crippen LogP contribution in [0.25, 0.3) is 0 Å². The topological polar surface area (TPSA) is 79.4 Å². The van der Waals surface area contributed by atoms with Gasteiger partial charge in [0, 0.05) is 36.9 Å². The Bertz CT molecular complexity index is 910. The van der Waals surface area contributed by atoms with E-state index in [2.05, 4.69) is 9.71 Å². The lowest BCUT2D eigenvalue weighted by Crippen LogP contribution is -2.32. The first-order valence-electron chi connectivity index (χ1n) is 9.37. The van der Waals surface area contributed by atoms with Crippen LogP contribution in [0.3, 0.4) is 0 Å². The highest BCUT2D eigenvalue weighted by molar-refractivity contribution is 7.98. The second-order valence-electron chi connectivity index (χ2n) is 6.75. The van der Waals surface area contributed by atoms with E-state index in [0.29, 0.717) is 5.56 Å². The molecule has 0 saturated carbocycles. The third kappa shape index (κ3) is 5.12. The summed E-state index contributed by atoms with van der Waals surface area (Å²) in [6.45, 7) is 1.62. The number of hydrogen-bond acceptors (Lipinski definition) is 5. The first kappa shape index (κ1) is 20.8. The van der Waals surface area contributed by atoms with Gasteiger partial charge in [-0.15, -0.1) is 11.8 Å². The molecule has 2 heterocycles. The van der Waals surface area contributed by atoms with Crippen LogP contribution < -0.4 is 4.72 Å². The molecule has 1 aromatic heterocycles. The van der Waals surface area contributed by atoms with Crippen molar-refractivity contribution < 1.29 is 13.2 Å². The lowest BCUT2D eigenvalue weighted by molar-refractivity contribution is 0.0758. The molecule has 0 atom stereocenters. The van der Waals surface area contributed by atoms with Crippen molar-refractivity contribution in [2.75, 3.05) is 19.3 Å². The zero-order chi connectivity index (χ0) is 20.0. The Morgan fingerprint density at radius 3 is 2.43 bits per heavy atom. The van der Waals surface area contributed by atoms with Crippen LogP contribution in [-0.2, 0) is 16.6 Å². The maximum atomic E-state index is 13.1. The molecule has 1 aliphatic heterocycles. The smallest absolute Gasteiger partial charge is 0.255 e. The molecule has 1 fully saturated rings. The summed E-state index contributed by atoms with van der Waals surface area (Å²) in [7, 11) is -3.73. The number of benzene rings is 1. The van der Waals surface area contributed by atoms with E-state index in [4.69, 9.17) is 0 Å². The molecular weight excluding hydrogens is 394 g/mol. The average molecular weight is 420 g/mol. The van der Waals surface area contributed by atoms with Gasteiger partial charge < -0.3 is 4.90 Å². The van der Waals surface area contributed by atoms with Crippen molar-refractivity contribution >= 4 is 27.7 Å². The predicted molar refractivity (Wildman–Crippen MR) is 111 cm³/mol. The van der Waals surface area contributed by atoms with E-state index in [0.717, 1.165) is 49.2 Å². The summed E-state index contributed by atoms with van der Waals surface area (Å²) in [5.74, 6) is -0.0857. The molecule has 0 bridgehead atoms. The van der Waals surface area contributed by atoms with E-state index in [-0.39, 0.29) is 17.3 Å². The quantitative estimate of drug-likeness (QED) is 0.727. The van der Waals surface area contributed by atoms with Crippen molar-refractivity contribution in [2.24, 2.45) is 0 Å². The van der Waals surface area contributed by atoms with Gasteiger partial charge in [0.05, 0.1) is 10.5 Å². The molecule has 0 spiro atoms. The SMILES string of the molecule is CSc1ccc(S(=O)(=O)NCc2ccncc2)cc1C(=O)N1CCCCCC1. The van der Waals surface area contributed by atoms with Crippen LogP contribution in [-0.4, -0.2) is 43.6 Å². The molecule has 1 aliphatic rings. The van der Waals surface area contributed by atoms with Gasteiger partial charge in [-0.2, -0.15) is 0 Å². The summed E-state index contributed by atoms with van der Waals surface area (Å²) in [6, 6.07) is 8.30. The minimum atomic E-state index is -3.73. The molecule has 8 heteroatoms. The fourth-order valence-corrected chi connectivity index (χ4v) is 4.84. The molecule has 1 saturated heterocycles. The van der Waals surface area contributed by atoms with Crippen molar-refractivity contribution in [3.63, 3.8) is 0 Å². The summed E-state index contributed by atoms with van der Waals surface area (Å²) in [6.07, 6.45) is 9.38. The molecule has 6 nitrogen and oxygen atoms in total. The lowest BCUT2D eigenvalue weighted by Gasteiger charge is -2.22. The van der Waals surface area contributed by atoms with Crippen molar-refractivity contribution in [2.45, 2.75) is 42.0 Å². The van der Waals surface area contributed by atoms with Gasteiger partial charge in [0.2, 0.25) is 10.0 Å². The largest absolute Gasteiger partial charge is 0.339 e. The Morgan fingerprint density at radius 1 is 1.11 bits per heavy atom. The van der Waals surface area contributed by atoms with Crippen LogP contribution in [0.15, 0.2) is 52.5 Å². The monoisotopic (exact) mass is 419 g/mol. The minimum Gasteiger partial charge on any atom is -0.339 e. The summed E-state index contributed by atoms with van der Waals surface area (Å²) in [5, 5.41) is 0. The van der Waals surface area contributed by atoms with Crippen molar-refractivity contribution in [3.05, 3.63) is 53.9 Å². The number of likely N-dealkylation sites (tertiary alicyclic amines) is 1. The third-order valence-corrected chi connectivity index (χ3v) is 7.02. The van der Waals surface area contributed by atoms with Crippen LogP contribution in [0, 0.1) is 0 Å². The van der Waals surface area contributed by atoms with Crippen molar-refractivity contribution in [1.29, 1.82) is 0 Å². The summed E-state index contributed by atoms with van der Waals surface area (Å²) >= 11 is 1.45. The van der Waals surface area contributed by atoms with Gasteiger partial charge in [-0.05, 0) is 55.0 Å². The molecule has 150 valence electrons. The first-order valence-corrected chi connectivity index (χ1v) is 12.1. The molecule has 1 aromatic carbocycles. The van der Waals surface area contributed by atoms with E-state index in [1.807, 2.05) is 11.2 Å². The van der Waals surface area contributed by atoms with Crippen LogP contribution >= 0.6 is 11.8 Å². The maximum absolute atomic E-state index is 13.1. The molecule has 1 amide bonds. The fraction of sp³-hybridized carbons (Fsp3) is 0.400. The highest BCUT2D eigenvalue weighted by Crippen LogP contribution is 2.26. The van der Waals surface area contributed by atoms with Crippen LogP contribution in [0.5, 0.6) is 0 Å². The van der Waals surface area contributed by atoms with E-state index in [9.17, 15) is 13.2 Å². The molecular formula is C20H25N3O3S2. The first-order chi connectivity index (χ1) is 13.5. The van der Waals surface area contributed by atoms with Gasteiger partial charge in [-0.25, -0.2) is 13.1 Å². The number of nitrogens with one attached hydrogen (secondary N) is 1. The van der Waals surface area contributed by atoms with E-state index in [1.165, 1.54) is 17.8 Å². The average Bonchev–Trinajstić information content (AvgIpc) is 3.01. The Morgan fingerprint density at radius 2 is 1.79 bits per heavy atom. The number of amides is 1. The highest BCUT2D eigenvalue weighted by Gasteiger charge is 2.23. The highest BCUT2D eigenvalue weighted by atomic mass is 32.2. The Kier molecular flexibility index (Phi) is 7.09. The second-order valence-corrected chi connectivity index (χ2v) is 9.36. The molecule has 1 N–H and O–H groups in total. The van der Waals surface area contributed by atoms with Gasteiger partial charge >= 0.3 is 0 Å². The summed E-state index contributed by atoms with van der Waals surface area (Å²) in [4.78, 5) is 19.8. The number of carbonyl (C=O) groups excluding carboxylic acids is 1. The van der Waals surface area contributed by atoms with E-state index < -0.39 is 10.0 Å². The van der Waals surface area contributed by atoms with Gasteiger partial charge in [0.25, 0.3) is 5.91 Å². The number of hydrogen-bond donors (Lipinski definition) is 1. The van der Waals surface area contributed by atoms with Crippen molar-refractivity contribution in [3.8, 4) is 0 Å². The molecule has 0 aliphatic carbocycles. The van der Waals surface area contributed by atoms with Crippen LogP contribution in [0.1, 0.15) is 41.6 Å². The zero-order valence-corrected chi connectivity index (χ0v) is 17.6. The number of rotatable bonds is 6. The zero-order valence-electron chi connectivity index (χ0n) is 15.9. The fourth-order valence-electron chi connectivity index (χ4n) is 3.23. The minimum absolute atomic E-state index is 0.0857. The summed E-state index contributed by atoms with van der Waals surface area (Å²) in [5.41, 5.74) is 1.28. The lowest BCUT2D eigenvalue weighted by atomic mass is 10.2. The van der Waals surface area contributed by atoms with E-state index in [1.54, 1.807) is 36.7 Å². The van der Waals surface area contributed by atoms with Gasteiger partial charge in [0.15, 0.2) is 0 Å². The molecule has 3 rings (SSSR count). The molecule has 0 radical (unpaired) electrons. The number of aromatic nitrogens is 1. The summed E-state index contributed by atoms with van der Waals surface area (Å²) < 4.78 is 28.1. The Hall–Kier alpha value is -1.90. The van der Waals surface area contributed by atoms with Crippen LogP contribution in [0.2, 0.25) is 0 Å². The number of thioether (sulfide) groups is 1.